The molecule has 3 nitrogen and oxygen atoms in total. The molecule has 1 N–H and O–H groups in total. The van der Waals surface area contributed by atoms with E-state index in [4.69, 9.17) is 4.74 Å². The minimum absolute atomic E-state index is 0.0116. The predicted molar refractivity (Wildman–Crippen MR) is 66.7 cm³/mol. The minimum Gasteiger partial charge on any atom is -0.376 e. The summed E-state index contributed by atoms with van der Waals surface area (Å²) in [6.45, 7) is 2.68. The highest BCUT2D eigenvalue weighted by Gasteiger charge is 2.29. The Labute approximate surface area is 99.6 Å². The summed E-state index contributed by atoms with van der Waals surface area (Å²) in [4.78, 5) is 12.0. The lowest BCUT2D eigenvalue weighted by molar-refractivity contribution is -0.118. The summed E-state index contributed by atoms with van der Waals surface area (Å²) in [7, 11) is 0. The third-order valence-corrected chi connectivity index (χ3v) is 3.85. The number of ether oxygens (including phenoxy) is 1. The van der Waals surface area contributed by atoms with Crippen molar-refractivity contribution in [3.63, 3.8) is 0 Å². The van der Waals surface area contributed by atoms with Crippen LogP contribution in [0, 0.1) is 0 Å². The fourth-order valence-corrected chi connectivity index (χ4v) is 2.66. The van der Waals surface area contributed by atoms with E-state index in [-0.39, 0.29) is 17.3 Å². The molecule has 16 heavy (non-hydrogen) atoms. The molecule has 1 aromatic carbocycles. The van der Waals surface area contributed by atoms with Crippen LogP contribution in [0.3, 0.4) is 0 Å². The maximum absolute atomic E-state index is 12.0. The second kappa shape index (κ2) is 5.37. The SMILES string of the molecule is C[C@@H]1OCCS[C@@H]1C(=O)Nc1ccccc1. The van der Waals surface area contributed by atoms with Crippen LogP contribution in [0.2, 0.25) is 0 Å². The van der Waals surface area contributed by atoms with Gasteiger partial charge in [-0.25, -0.2) is 0 Å². The predicted octanol–water partition coefficient (Wildman–Crippen LogP) is 2.15. The van der Waals surface area contributed by atoms with Gasteiger partial charge in [-0.2, -0.15) is 0 Å². The first-order valence-corrected chi connectivity index (χ1v) is 6.41. The molecule has 2 atom stereocenters. The number of carbonyl (C=O) groups is 1. The van der Waals surface area contributed by atoms with Gasteiger partial charge in [-0.3, -0.25) is 4.79 Å². The highest BCUT2D eigenvalue weighted by molar-refractivity contribution is 8.00. The second-order valence-corrected chi connectivity index (χ2v) is 4.97. The Bertz CT molecular complexity index is 355. The topological polar surface area (TPSA) is 38.3 Å². The van der Waals surface area contributed by atoms with Crippen molar-refractivity contribution in [1.29, 1.82) is 0 Å². The van der Waals surface area contributed by atoms with Gasteiger partial charge in [-0.05, 0) is 19.1 Å². The number of para-hydroxylation sites is 1. The largest absolute Gasteiger partial charge is 0.376 e. The number of rotatable bonds is 2. The molecule has 0 bridgehead atoms. The summed E-state index contributed by atoms with van der Waals surface area (Å²) in [6, 6.07) is 9.51. The van der Waals surface area contributed by atoms with Gasteiger partial charge in [0.2, 0.25) is 5.91 Å². The van der Waals surface area contributed by atoms with Gasteiger partial charge in [0, 0.05) is 11.4 Å². The zero-order chi connectivity index (χ0) is 11.4. The van der Waals surface area contributed by atoms with Crippen LogP contribution < -0.4 is 5.32 Å². The third kappa shape index (κ3) is 2.77. The molecule has 1 fully saturated rings. The number of benzene rings is 1. The lowest BCUT2D eigenvalue weighted by Crippen LogP contribution is -2.39. The van der Waals surface area contributed by atoms with Crippen molar-refractivity contribution in [2.24, 2.45) is 0 Å². The van der Waals surface area contributed by atoms with Gasteiger partial charge in [0.25, 0.3) is 0 Å². The van der Waals surface area contributed by atoms with Crippen molar-refractivity contribution in [1.82, 2.24) is 0 Å². The summed E-state index contributed by atoms with van der Waals surface area (Å²) >= 11 is 1.66. The highest BCUT2D eigenvalue weighted by atomic mass is 32.2. The van der Waals surface area contributed by atoms with E-state index < -0.39 is 0 Å². The second-order valence-electron chi connectivity index (χ2n) is 3.72. The van der Waals surface area contributed by atoms with Crippen molar-refractivity contribution >= 4 is 23.4 Å². The Kier molecular flexibility index (Phi) is 3.85. The van der Waals surface area contributed by atoms with Gasteiger partial charge in [0.05, 0.1) is 12.7 Å². The van der Waals surface area contributed by atoms with Crippen molar-refractivity contribution in [2.75, 3.05) is 17.7 Å². The molecular weight excluding hydrogens is 222 g/mol. The van der Waals surface area contributed by atoms with E-state index >= 15 is 0 Å². The molecule has 1 aliphatic heterocycles. The zero-order valence-corrected chi connectivity index (χ0v) is 10.00. The van der Waals surface area contributed by atoms with Crippen molar-refractivity contribution < 1.29 is 9.53 Å². The van der Waals surface area contributed by atoms with Gasteiger partial charge in [-0.15, -0.1) is 11.8 Å². The molecule has 1 aliphatic rings. The van der Waals surface area contributed by atoms with Crippen molar-refractivity contribution in [2.45, 2.75) is 18.3 Å². The van der Waals surface area contributed by atoms with E-state index in [0.29, 0.717) is 0 Å². The fraction of sp³-hybridized carbons (Fsp3) is 0.417. The molecule has 2 rings (SSSR count). The summed E-state index contributed by atoms with van der Waals surface area (Å²) in [6.07, 6.45) is -0.0116. The van der Waals surface area contributed by atoms with Crippen LogP contribution in [-0.2, 0) is 9.53 Å². The Morgan fingerprint density at radius 3 is 2.88 bits per heavy atom. The number of hydrogen-bond acceptors (Lipinski definition) is 3. The number of carbonyl (C=O) groups excluding carboxylic acids is 1. The average molecular weight is 237 g/mol. The molecule has 0 unspecified atom stereocenters. The highest BCUT2D eigenvalue weighted by Crippen LogP contribution is 2.23. The average Bonchev–Trinajstić information content (AvgIpc) is 2.31. The van der Waals surface area contributed by atoms with Gasteiger partial charge in [0.15, 0.2) is 0 Å². The molecule has 4 heteroatoms. The Balaban J connectivity index is 1.97. The Hall–Kier alpha value is -1.00. The molecule has 1 heterocycles. The monoisotopic (exact) mass is 237 g/mol. The van der Waals surface area contributed by atoms with Crippen LogP contribution in [0.4, 0.5) is 5.69 Å². The maximum Gasteiger partial charge on any atom is 0.240 e. The number of hydrogen-bond donors (Lipinski definition) is 1. The quantitative estimate of drug-likeness (QED) is 0.856. The molecule has 86 valence electrons. The number of nitrogens with one attached hydrogen (secondary N) is 1. The van der Waals surface area contributed by atoms with E-state index in [1.165, 1.54) is 0 Å². The first-order chi connectivity index (χ1) is 7.77. The lowest BCUT2D eigenvalue weighted by atomic mass is 10.2. The van der Waals surface area contributed by atoms with Crippen LogP contribution >= 0.6 is 11.8 Å². The minimum atomic E-state index is -0.103. The standard InChI is InChI=1S/C12H15NO2S/c1-9-11(16-8-7-15-9)12(14)13-10-5-3-2-4-6-10/h2-6,9,11H,7-8H2,1H3,(H,13,14)/t9-,11-/m0/s1. The first-order valence-electron chi connectivity index (χ1n) is 5.36. The number of amides is 1. The van der Waals surface area contributed by atoms with E-state index in [9.17, 15) is 4.79 Å². The van der Waals surface area contributed by atoms with Gasteiger partial charge < -0.3 is 10.1 Å². The van der Waals surface area contributed by atoms with Gasteiger partial charge in [-0.1, -0.05) is 18.2 Å². The molecule has 1 amide bonds. The molecule has 0 saturated carbocycles. The molecule has 0 aliphatic carbocycles. The van der Waals surface area contributed by atoms with Crippen LogP contribution in [0.5, 0.6) is 0 Å². The van der Waals surface area contributed by atoms with Gasteiger partial charge in [0.1, 0.15) is 5.25 Å². The Morgan fingerprint density at radius 1 is 1.44 bits per heavy atom. The van der Waals surface area contributed by atoms with Crippen LogP contribution in [0.25, 0.3) is 0 Å². The zero-order valence-electron chi connectivity index (χ0n) is 9.18. The summed E-state index contributed by atoms with van der Waals surface area (Å²) in [5.74, 6) is 0.917. The number of anilines is 1. The van der Waals surface area contributed by atoms with Crippen LogP contribution in [0.15, 0.2) is 30.3 Å². The van der Waals surface area contributed by atoms with E-state index in [1.54, 1.807) is 11.8 Å². The van der Waals surface area contributed by atoms with Crippen molar-refractivity contribution in [3.05, 3.63) is 30.3 Å². The fourth-order valence-electron chi connectivity index (χ4n) is 1.66. The van der Waals surface area contributed by atoms with Crippen molar-refractivity contribution in [3.8, 4) is 0 Å². The number of thioether (sulfide) groups is 1. The molecule has 0 aromatic heterocycles. The first kappa shape index (κ1) is 11.5. The Morgan fingerprint density at radius 2 is 2.19 bits per heavy atom. The molecule has 1 aromatic rings. The van der Waals surface area contributed by atoms with Gasteiger partial charge >= 0.3 is 0 Å². The smallest absolute Gasteiger partial charge is 0.240 e. The molecule has 0 spiro atoms. The molecule has 0 radical (unpaired) electrons. The summed E-state index contributed by atoms with van der Waals surface area (Å²) in [5, 5.41) is 2.80. The normalized spacial score (nSPS) is 25.1. The molecule has 1 saturated heterocycles. The van der Waals surface area contributed by atoms with E-state index in [2.05, 4.69) is 5.32 Å². The summed E-state index contributed by atoms with van der Waals surface area (Å²) < 4.78 is 5.47. The maximum atomic E-state index is 12.0. The van der Waals surface area contributed by atoms with Crippen LogP contribution in [-0.4, -0.2) is 29.6 Å². The van der Waals surface area contributed by atoms with E-state index in [0.717, 1.165) is 18.0 Å². The third-order valence-electron chi connectivity index (χ3n) is 2.49. The molecular formula is C12H15NO2S. The lowest BCUT2D eigenvalue weighted by Gasteiger charge is -2.27. The summed E-state index contributed by atoms with van der Waals surface area (Å²) in [5.41, 5.74) is 0.839. The van der Waals surface area contributed by atoms with Crippen LogP contribution in [0.1, 0.15) is 6.92 Å². The van der Waals surface area contributed by atoms with E-state index in [1.807, 2.05) is 37.3 Å².